The lowest BCUT2D eigenvalue weighted by molar-refractivity contribution is -0.155. The second kappa shape index (κ2) is 9.96. The van der Waals surface area contributed by atoms with Crippen LogP contribution in [-0.2, 0) is 14.9 Å². The average molecular weight is 506 g/mol. The Morgan fingerprint density at radius 3 is 2.47 bits per heavy atom. The molecule has 2 aromatic carbocycles. The van der Waals surface area contributed by atoms with E-state index in [4.69, 9.17) is 37.4 Å². The van der Waals surface area contributed by atoms with E-state index in [9.17, 15) is 4.79 Å². The largest absolute Gasteiger partial charge is 0.492 e. The second-order valence-corrected chi connectivity index (χ2v) is 11.1. The van der Waals surface area contributed by atoms with Gasteiger partial charge in [0.2, 0.25) is 0 Å². The van der Waals surface area contributed by atoms with Gasteiger partial charge in [-0.15, -0.1) is 0 Å². The summed E-state index contributed by atoms with van der Waals surface area (Å²) in [6.45, 7) is 10.9. The van der Waals surface area contributed by atoms with Gasteiger partial charge < -0.3 is 19.1 Å². The predicted molar refractivity (Wildman–Crippen MR) is 135 cm³/mol. The van der Waals surface area contributed by atoms with Crippen LogP contribution in [-0.4, -0.2) is 42.7 Å². The van der Waals surface area contributed by atoms with E-state index >= 15 is 0 Å². The van der Waals surface area contributed by atoms with Crippen molar-refractivity contribution in [2.24, 2.45) is 0 Å². The third-order valence-electron chi connectivity index (χ3n) is 6.61. The van der Waals surface area contributed by atoms with E-state index in [1.807, 2.05) is 58.0 Å². The molecule has 2 heterocycles. The van der Waals surface area contributed by atoms with Crippen LogP contribution in [0.1, 0.15) is 64.2 Å². The SMILES string of the molecule is CC(Oc1ccc2c(c1)OCC21CCN(CCC(=O)OC(C)(C)C)CC1)c1c(Cl)cccc1Cl. The number of likely N-dealkylation sites (tertiary alicyclic amines) is 1. The fourth-order valence-corrected chi connectivity index (χ4v) is 5.55. The Morgan fingerprint density at radius 1 is 1.15 bits per heavy atom. The molecule has 2 aliphatic heterocycles. The summed E-state index contributed by atoms with van der Waals surface area (Å²) in [7, 11) is 0. The van der Waals surface area contributed by atoms with Crippen molar-refractivity contribution in [3.63, 3.8) is 0 Å². The van der Waals surface area contributed by atoms with E-state index in [-0.39, 0.29) is 17.5 Å². The molecule has 1 unspecified atom stereocenters. The lowest BCUT2D eigenvalue weighted by Gasteiger charge is -2.38. The van der Waals surface area contributed by atoms with Crippen molar-refractivity contribution < 1.29 is 19.0 Å². The molecule has 0 bridgehead atoms. The van der Waals surface area contributed by atoms with Gasteiger partial charge in [-0.05, 0) is 71.8 Å². The first-order valence-electron chi connectivity index (χ1n) is 11.9. The van der Waals surface area contributed by atoms with Gasteiger partial charge in [-0.2, -0.15) is 0 Å². The van der Waals surface area contributed by atoms with E-state index in [0.29, 0.717) is 23.1 Å². The normalized spacial score (nSPS) is 18.3. The number of benzene rings is 2. The van der Waals surface area contributed by atoms with Crippen LogP contribution in [0, 0.1) is 0 Å². The lowest BCUT2D eigenvalue weighted by atomic mass is 9.74. The maximum absolute atomic E-state index is 12.1. The highest BCUT2D eigenvalue weighted by atomic mass is 35.5. The number of ether oxygens (including phenoxy) is 3. The number of fused-ring (bicyclic) bond motifs is 2. The highest BCUT2D eigenvalue weighted by Crippen LogP contribution is 2.47. The lowest BCUT2D eigenvalue weighted by Crippen LogP contribution is -2.44. The standard InChI is InChI=1S/C27H33Cl2NO4/c1-18(25-21(28)6-5-7-22(25)29)33-19-8-9-20-23(16-19)32-17-27(20)11-14-30(15-12-27)13-10-24(31)34-26(2,3)4/h5-9,16,18H,10-15,17H2,1-4H3. The number of hydrogen-bond acceptors (Lipinski definition) is 5. The third-order valence-corrected chi connectivity index (χ3v) is 7.27. The molecule has 1 fully saturated rings. The molecule has 1 atom stereocenters. The quantitative estimate of drug-likeness (QED) is 0.414. The molecule has 184 valence electrons. The number of hydrogen-bond donors (Lipinski definition) is 0. The molecule has 0 radical (unpaired) electrons. The number of esters is 1. The summed E-state index contributed by atoms with van der Waals surface area (Å²) >= 11 is 12.7. The van der Waals surface area contributed by atoms with Gasteiger partial charge in [0.25, 0.3) is 0 Å². The topological polar surface area (TPSA) is 48.0 Å². The zero-order chi connectivity index (χ0) is 24.5. The molecule has 7 heteroatoms. The van der Waals surface area contributed by atoms with Crippen molar-refractivity contribution in [2.45, 2.75) is 64.1 Å². The maximum Gasteiger partial charge on any atom is 0.307 e. The predicted octanol–water partition coefficient (Wildman–Crippen LogP) is 6.59. The van der Waals surface area contributed by atoms with Crippen LogP contribution in [0.15, 0.2) is 36.4 Å². The zero-order valence-electron chi connectivity index (χ0n) is 20.3. The highest BCUT2D eigenvalue weighted by Gasteiger charge is 2.43. The van der Waals surface area contributed by atoms with Crippen LogP contribution in [0.3, 0.4) is 0 Å². The average Bonchev–Trinajstić information content (AvgIpc) is 3.09. The van der Waals surface area contributed by atoms with Crippen molar-refractivity contribution in [3.8, 4) is 11.5 Å². The highest BCUT2D eigenvalue weighted by molar-refractivity contribution is 6.36. The van der Waals surface area contributed by atoms with E-state index in [2.05, 4.69) is 11.0 Å². The number of carbonyl (C=O) groups is 1. The van der Waals surface area contributed by atoms with Crippen molar-refractivity contribution in [3.05, 3.63) is 57.6 Å². The van der Waals surface area contributed by atoms with Crippen LogP contribution >= 0.6 is 23.2 Å². The van der Waals surface area contributed by atoms with Gasteiger partial charge in [-0.1, -0.05) is 35.3 Å². The summed E-state index contributed by atoms with van der Waals surface area (Å²) in [6.07, 6.45) is 2.13. The van der Waals surface area contributed by atoms with E-state index in [0.717, 1.165) is 49.5 Å². The molecule has 0 saturated carbocycles. The Kier molecular flexibility index (Phi) is 7.37. The van der Waals surface area contributed by atoms with Gasteiger partial charge in [0.1, 0.15) is 23.2 Å². The molecule has 0 aromatic heterocycles. The molecule has 34 heavy (non-hydrogen) atoms. The summed E-state index contributed by atoms with van der Waals surface area (Å²) in [4.78, 5) is 14.4. The van der Waals surface area contributed by atoms with Crippen LogP contribution in [0.5, 0.6) is 11.5 Å². The first-order chi connectivity index (χ1) is 16.1. The molecule has 0 N–H and O–H groups in total. The Bertz CT molecular complexity index is 1020. The number of carbonyl (C=O) groups excluding carboxylic acids is 1. The molecule has 4 rings (SSSR count). The number of piperidine rings is 1. The van der Waals surface area contributed by atoms with E-state index in [1.165, 1.54) is 5.56 Å². The minimum atomic E-state index is -0.437. The molecule has 1 spiro atoms. The van der Waals surface area contributed by atoms with Gasteiger partial charge in [0.15, 0.2) is 0 Å². The molecular formula is C27H33Cl2NO4. The van der Waals surface area contributed by atoms with Crippen LogP contribution in [0.4, 0.5) is 0 Å². The Morgan fingerprint density at radius 2 is 1.82 bits per heavy atom. The summed E-state index contributed by atoms with van der Waals surface area (Å²) in [6, 6.07) is 11.6. The number of halogens is 2. The minimum Gasteiger partial charge on any atom is -0.492 e. The monoisotopic (exact) mass is 505 g/mol. The van der Waals surface area contributed by atoms with Gasteiger partial charge in [-0.25, -0.2) is 0 Å². The molecule has 1 saturated heterocycles. The molecule has 5 nitrogen and oxygen atoms in total. The number of nitrogens with zero attached hydrogens (tertiary/aromatic N) is 1. The Hall–Kier alpha value is -1.95. The van der Waals surface area contributed by atoms with E-state index in [1.54, 1.807) is 0 Å². The van der Waals surface area contributed by atoms with Gasteiger partial charge >= 0.3 is 5.97 Å². The fourth-order valence-electron chi connectivity index (χ4n) is 4.85. The smallest absolute Gasteiger partial charge is 0.307 e. The van der Waals surface area contributed by atoms with Gasteiger partial charge in [0.05, 0.1) is 13.0 Å². The summed E-state index contributed by atoms with van der Waals surface area (Å²) < 4.78 is 17.7. The zero-order valence-corrected chi connectivity index (χ0v) is 21.8. The first kappa shape index (κ1) is 25.2. The molecule has 0 aliphatic carbocycles. The van der Waals surface area contributed by atoms with Gasteiger partial charge in [0, 0.05) is 39.2 Å². The summed E-state index contributed by atoms with van der Waals surface area (Å²) in [5.74, 6) is 1.48. The molecule has 2 aliphatic rings. The first-order valence-corrected chi connectivity index (χ1v) is 12.6. The Labute approximate surface area is 212 Å². The van der Waals surface area contributed by atoms with Crippen LogP contribution in [0.25, 0.3) is 0 Å². The third kappa shape index (κ3) is 5.64. The Balaban J connectivity index is 1.36. The summed E-state index contributed by atoms with van der Waals surface area (Å²) in [5, 5.41) is 1.18. The molecular weight excluding hydrogens is 473 g/mol. The van der Waals surface area contributed by atoms with Crippen LogP contribution in [0.2, 0.25) is 10.0 Å². The number of rotatable bonds is 6. The van der Waals surface area contributed by atoms with Crippen molar-refractivity contribution in [1.29, 1.82) is 0 Å². The van der Waals surface area contributed by atoms with Crippen LogP contribution < -0.4 is 9.47 Å². The van der Waals surface area contributed by atoms with Crippen molar-refractivity contribution >= 4 is 29.2 Å². The maximum atomic E-state index is 12.1. The van der Waals surface area contributed by atoms with Gasteiger partial charge in [-0.3, -0.25) is 4.79 Å². The molecule has 0 amide bonds. The minimum absolute atomic E-state index is 0.0218. The molecule has 2 aromatic rings. The summed E-state index contributed by atoms with van der Waals surface area (Å²) in [5.41, 5.74) is 1.61. The fraction of sp³-hybridized carbons (Fsp3) is 0.519. The van der Waals surface area contributed by atoms with E-state index < -0.39 is 5.60 Å². The van der Waals surface area contributed by atoms with Crippen molar-refractivity contribution in [2.75, 3.05) is 26.2 Å². The second-order valence-electron chi connectivity index (χ2n) is 10.3. The van der Waals surface area contributed by atoms with Crippen molar-refractivity contribution in [1.82, 2.24) is 4.90 Å².